The van der Waals surface area contributed by atoms with Crippen molar-refractivity contribution in [1.29, 1.82) is 0 Å². The van der Waals surface area contributed by atoms with Crippen LogP contribution in [-0.4, -0.2) is 71.1 Å². The Balaban J connectivity index is 1.54. The van der Waals surface area contributed by atoms with Crippen LogP contribution in [-0.2, 0) is 10.0 Å². The van der Waals surface area contributed by atoms with Gasteiger partial charge < -0.3 is 9.64 Å². The number of hydrogen-bond donors (Lipinski definition) is 0. The second-order valence-corrected chi connectivity index (χ2v) is 10.7. The third-order valence-corrected chi connectivity index (χ3v) is 7.90. The van der Waals surface area contributed by atoms with Crippen molar-refractivity contribution in [2.45, 2.75) is 45.6 Å². The Morgan fingerprint density at radius 2 is 1.74 bits per heavy atom. The predicted octanol–water partition coefficient (Wildman–Crippen LogP) is 3.17. The van der Waals surface area contributed by atoms with Crippen molar-refractivity contribution in [3.63, 3.8) is 0 Å². The van der Waals surface area contributed by atoms with Gasteiger partial charge in [0, 0.05) is 37.9 Å². The van der Waals surface area contributed by atoms with E-state index in [2.05, 4.69) is 10.1 Å². The quantitative estimate of drug-likeness (QED) is 0.532. The van der Waals surface area contributed by atoms with Crippen LogP contribution < -0.4 is 4.74 Å². The zero-order valence-electron chi connectivity index (χ0n) is 20.3. The van der Waals surface area contributed by atoms with E-state index in [-0.39, 0.29) is 29.9 Å². The van der Waals surface area contributed by atoms with E-state index in [0.717, 1.165) is 16.8 Å². The number of piperazine rings is 1. The highest BCUT2D eigenvalue weighted by molar-refractivity contribution is 7.89. The number of hydrogen-bond acceptors (Lipinski definition) is 6. The monoisotopic (exact) mass is 485 g/mol. The van der Waals surface area contributed by atoms with Crippen LogP contribution in [0.3, 0.4) is 0 Å². The molecule has 0 saturated carbocycles. The first-order chi connectivity index (χ1) is 16.1. The van der Waals surface area contributed by atoms with Gasteiger partial charge in [-0.1, -0.05) is 0 Å². The lowest BCUT2D eigenvalue weighted by atomic mass is 10.1. The zero-order chi connectivity index (χ0) is 24.6. The summed E-state index contributed by atoms with van der Waals surface area (Å²) in [6, 6.07) is 8.35. The van der Waals surface area contributed by atoms with Gasteiger partial charge in [-0.3, -0.25) is 4.79 Å². The van der Waals surface area contributed by atoms with E-state index in [0.29, 0.717) is 36.7 Å². The van der Waals surface area contributed by atoms with E-state index < -0.39 is 10.0 Å². The zero-order valence-corrected chi connectivity index (χ0v) is 21.1. The van der Waals surface area contributed by atoms with Gasteiger partial charge >= 0.3 is 0 Å². The van der Waals surface area contributed by atoms with Crippen LogP contribution in [0.4, 0.5) is 0 Å². The number of benzene rings is 1. The lowest BCUT2D eigenvalue weighted by Crippen LogP contribution is -2.50. The molecule has 1 aromatic carbocycles. The standard InChI is InChI=1S/C24H31N5O4S/c1-6-33-19-7-9-20(10-8-19)34(31,32)28-13-11-27(12-14-28)24(30)21-15-17(4)25-23-22(21)18(5)26-29(23)16(2)3/h7-10,15-16H,6,11-14H2,1-5H3. The summed E-state index contributed by atoms with van der Waals surface area (Å²) in [4.78, 5) is 20.1. The van der Waals surface area contributed by atoms with Gasteiger partial charge in [-0.2, -0.15) is 9.40 Å². The molecule has 0 N–H and O–H groups in total. The Bertz CT molecular complexity index is 1310. The summed E-state index contributed by atoms with van der Waals surface area (Å²) in [5, 5.41) is 5.36. The first-order valence-electron chi connectivity index (χ1n) is 11.5. The number of pyridine rings is 1. The highest BCUT2D eigenvalue weighted by Gasteiger charge is 2.31. The van der Waals surface area contributed by atoms with Gasteiger partial charge in [0.05, 0.1) is 28.1 Å². The maximum atomic E-state index is 13.5. The predicted molar refractivity (Wildman–Crippen MR) is 130 cm³/mol. The summed E-state index contributed by atoms with van der Waals surface area (Å²) >= 11 is 0. The molecule has 0 unspecified atom stereocenters. The van der Waals surface area contributed by atoms with Gasteiger partial charge in [0.25, 0.3) is 5.91 Å². The van der Waals surface area contributed by atoms with Crippen LogP contribution in [0.15, 0.2) is 35.2 Å². The van der Waals surface area contributed by atoms with E-state index >= 15 is 0 Å². The summed E-state index contributed by atoms with van der Waals surface area (Å²) in [6.45, 7) is 11.3. The molecule has 3 aromatic rings. The second kappa shape index (κ2) is 9.34. The van der Waals surface area contributed by atoms with Crippen molar-refractivity contribution in [2.24, 2.45) is 0 Å². The molecular weight excluding hydrogens is 454 g/mol. The fourth-order valence-electron chi connectivity index (χ4n) is 4.29. The summed E-state index contributed by atoms with van der Waals surface area (Å²) in [5.74, 6) is 0.506. The van der Waals surface area contributed by atoms with E-state index in [1.165, 1.54) is 4.31 Å². The smallest absolute Gasteiger partial charge is 0.254 e. The molecule has 182 valence electrons. The van der Waals surface area contributed by atoms with Crippen LogP contribution in [0.2, 0.25) is 0 Å². The molecule has 1 aliphatic heterocycles. The summed E-state index contributed by atoms with van der Waals surface area (Å²) in [5.41, 5.74) is 2.77. The number of ether oxygens (including phenoxy) is 1. The molecule has 1 aliphatic rings. The number of fused-ring (bicyclic) bond motifs is 1. The van der Waals surface area contributed by atoms with Crippen molar-refractivity contribution >= 4 is 27.0 Å². The number of rotatable bonds is 6. The molecule has 0 atom stereocenters. The third kappa shape index (κ3) is 4.39. The first-order valence-corrected chi connectivity index (χ1v) is 13.0. The maximum absolute atomic E-state index is 13.5. The van der Waals surface area contributed by atoms with E-state index in [1.807, 2.05) is 39.3 Å². The van der Waals surface area contributed by atoms with E-state index in [4.69, 9.17) is 4.74 Å². The molecule has 0 aliphatic carbocycles. The molecule has 34 heavy (non-hydrogen) atoms. The SMILES string of the molecule is CCOc1ccc(S(=O)(=O)N2CCN(C(=O)c3cc(C)nc4c3c(C)nn4C(C)C)CC2)cc1. The molecule has 4 rings (SSSR count). The van der Waals surface area contributed by atoms with Gasteiger partial charge in [-0.05, 0) is 65.0 Å². The number of aryl methyl sites for hydroxylation is 2. The number of carbonyl (C=O) groups excluding carboxylic acids is 1. The Hall–Kier alpha value is -2.98. The minimum absolute atomic E-state index is 0.116. The molecule has 3 heterocycles. The van der Waals surface area contributed by atoms with E-state index in [1.54, 1.807) is 35.2 Å². The molecule has 0 bridgehead atoms. The van der Waals surface area contributed by atoms with Gasteiger partial charge in [0.1, 0.15) is 5.75 Å². The fraction of sp³-hybridized carbons (Fsp3) is 0.458. The van der Waals surface area contributed by atoms with Crippen LogP contribution in [0.5, 0.6) is 5.75 Å². The van der Waals surface area contributed by atoms with Crippen molar-refractivity contribution < 1.29 is 17.9 Å². The Kier molecular flexibility index (Phi) is 6.64. The number of aromatic nitrogens is 3. The lowest BCUT2D eigenvalue weighted by molar-refractivity contribution is 0.0699. The van der Waals surface area contributed by atoms with Gasteiger partial charge in [-0.15, -0.1) is 0 Å². The molecule has 2 aromatic heterocycles. The normalized spacial score (nSPS) is 15.3. The fourth-order valence-corrected chi connectivity index (χ4v) is 5.71. The molecule has 0 spiro atoms. The largest absolute Gasteiger partial charge is 0.494 e. The number of nitrogens with zero attached hydrogens (tertiary/aromatic N) is 5. The summed E-state index contributed by atoms with van der Waals surface area (Å²) in [7, 11) is -3.65. The maximum Gasteiger partial charge on any atom is 0.254 e. The number of sulfonamides is 1. The highest BCUT2D eigenvalue weighted by Crippen LogP contribution is 2.27. The molecule has 1 fully saturated rings. The average Bonchev–Trinajstić information content (AvgIpc) is 3.15. The Morgan fingerprint density at radius 1 is 1.09 bits per heavy atom. The van der Waals surface area contributed by atoms with Gasteiger partial charge in [0.2, 0.25) is 10.0 Å². The number of amides is 1. The minimum atomic E-state index is -3.65. The van der Waals surface area contributed by atoms with Crippen molar-refractivity contribution in [3.05, 3.63) is 47.3 Å². The Labute approximate surface area is 200 Å². The first kappa shape index (κ1) is 24.2. The summed E-state index contributed by atoms with van der Waals surface area (Å²) < 4.78 is 34.9. The molecule has 1 saturated heterocycles. The molecule has 9 nitrogen and oxygen atoms in total. The molecule has 0 radical (unpaired) electrons. The molecule has 10 heteroatoms. The van der Waals surface area contributed by atoms with Crippen LogP contribution >= 0.6 is 0 Å². The number of carbonyl (C=O) groups is 1. The molecular formula is C24H31N5O4S. The lowest BCUT2D eigenvalue weighted by Gasteiger charge is -2.34. The van der Waals surface area contributed by atoms with E-state index in [9.17, 15) is 13.2 Å². The van der Waals surface area contributed by atoms with Crippen molar-refractivity contribution in [3.8, 4) is 5.75 Å². The highest BCUT2D eigenvalue weighted by atomic mass is 32.2. The summed E-state index contributed by atoms with van der Waals surface area (Å²) in [6.07, 6.45) is 0. The second-order valence-electron chi connectivity index (χ2n) is 8.73. The minimum Gasteiger partial charge on any atom is -0.494 e. The van der Waals surface area contributed by atoms with Gasteiger partial charge in [0.15, 0.2) is 5.65 Å². The third-order valence-electron chi connectivity index (χ3n) is 5.98. The van der Waals surface area contributed by atoms with Crippen molar-refractivity contribution in [2.75, 3.05) is 32.8 Å². The molecule has 1 amide bonds. The van der Waals surface area contributed by atoms with Crippen molar-refractivity contribution in [1.82, 2.24) is 24.0 Å². The van der Waals surface area contributed by atoms with Crippen LogP contribution in [0.25, 0.3) is 11.0 Å². The van der Waals surface area contributed by atoms with Gasteiger partial charge in [-0.25, -0.2) is 18.1 Å². The topological polar surface area (TPSA) is 97.6 Å². The van der Waals surface area contributed by atoms with Crippen LogP contribution in [0, 0.1) is 13.8 Å². The Morgan fingerprint density at radius 3 is 2.32 bits per heavy atom. The van der Waals surface area contributed by atoms with Crippen LogP contribution in [0.1, 0.15) is 48.6 Å². The average molecular weight is 486 g/mol.